The van der Waals surface area contributed by atoms with Crippen molar-refractivity contribution in [3.8, 4) is 0 Å². The Morgan fingerprint density at radius 2 is 2.04 bits per heavy atom. The molecule has 0 saturated heterocycles. The van der Waals surface area contributed by atoms with Crippen LogP contribution in [0.3, 0.4) is 0 Å². The van der Waals surface area contributed by atoms with Crippen molar-refractivity contribution in [1.82, 2.24) is 20.1 Å². The van der Waals surface area contributed by atoms with E-state index in [1.165, 1.54) is 11.2 Å². The van der Waals surface area contributed by atoms with Crippen LogP contribution in [0.1, 0.15) is 32.6 Å². The molecule has 0 radical (unpaired) electrons. The summed E-state index contributed by atoms with van der Waals surface area (Å²) in [6, 6.07) is 11.9. The molecule has 0 aliphatic heterocycles. The zero-order chi connectivity index (χ0) is 16.1. The van der Waals surface area contributed by atoms with Gasteiger partial charge in [0, 0.05) is 11.4 Å². The molecule has 0 aliphatic carbocycles. The van der Waals surface area contributed by atoms with Gasteiger partial charge >= 0.3 is 0 Å². The minimum atomic E-state index is -0.0229. The van der Waals surface area contributed by atoms with E-state index in [1.807, 2.05) is 36.4 Å². The fourth-order valence-electron chi connectivity index (χ4n) is 2.33. The molecule has 0 aliphatic rings. The van der Waals surface area contributed by atoms with E-state index in [4.69, 9.17) is 0 Å². The van der Waals surface area contributed by atoms with Crippen LogP contribution in [0.4, 0.5) is 0 Å². The minimum absolute atomic E-state index is 0.0229. The number of carbonyl (C=O) groups is 1. The molecule has 0 spiro atoms. The second-order valence-corrected chi connectivity index (χ2v) is 6.33. The van der Waals surface area contributed by atoms with Gasteiger partial charge in [0.1, 0.15) is 12.7 Å². The Balaban J connectivity index is 1.67. The fraction of sp³-hybridized carbons (Fsp3) is 0.235. The quantitative estimate of drug-likeness (QED) is 0.758. The number of thiophene rings is 1. The van der Waals surface area contributed by atoms with Crippen LogP contribution in [0.15, 0.2) is 49.1 Å². The zero-order valence-electron chi connectivity index (χ0n) is 12.9. The van der Waals surface area contributed by atoms with Gasteiger partial charge in [-0.15, -0.1) is 11.3 Å². The Hall–Kier alpha value is -2.47. The van der Waals surface area contributed by atoms with Crippen molar-refractivity contribution in [2.75, 3.05) is 0 Å². The Labute approximate surface area is 139 Å². The van der Waals surface area contributed by atoms with Crippen molar-refractivity contribution in [2.24, 2.45) is 0 Å². The first-order chi connectivity index (χ1) is 11.3. The first kappa shape index (κ1) is 15.4. The molecule has 1 aromatic carbocycles. The summed E-state index contributed by atoms with van der Waals surface area (Å²) in [6.07, 6.45) is 4.17. The molecule has 23 heavy (non-hydrogen) atoms. The van der Waals surface area contributed by atoms with Crippen molar-refractivity contribution in [3.05, 3.63) is 69.9 Å². The van der Waals surface area contributed by atoms with Gasteiger partial charge in [0.25, 0.3) is 5.91 Å². The highest BCUT2D eigenvalue weighted by Gasteiger charge is 2.10. The Morgan fingerprint density at radius 3 is 2.74 bits per heavy atom. The Bertz CT molecular complexity index is 780. The van der Waals surface area contributed by atoms with Gasteiger partial charge < -0.3 is 5.32 Å². The number of amides is 1. The molecule has 2 heterocycles. The number of aromatic nitrogens is 3. The monoisotopic (exact) mass is 326 g/mol. The summed E-state index contributed by atoms with van der Waals surface area (Å²) in [7, 11) is 0. The number of nitrogens with zero attached hydrogens (tertiary/aromatic N) is 3. The molecule has 1 N–H and O–H groups in total. The highest BCUT2D eigenvalue weighted by molar-refractivity contribution is 7.14. The van der Waals surface area contributed by atoms with Gasteiger partial charge in [0.15, 0.2) is 0 Å². The lowest BCUT2D eigenvalue weighted by atomic mass is 10.1. The molecular weight excluding hydrogens is 308 g/mol. The average molecular weight is 326 g/mol. The van der Waals surface area contributed by atoms with E-state index in [9.17, 15) is 4.79 Å². The van der Waals surface area contributed by atoms with Crippen LogP contribution in [-0.2, 0) is 19.5 Å². The lowest BCUT2D eigenvalue weighted by Crippen LogP contribution is -2.22. The fourth-order valence-corrected chi connectivity index (χ4v) is 3.19. The normalized spacial score (nSPS) is 10.7. The lowest BCUT2D eigenvalue weighted by Gasteiger charge is -2.10. The second-order valence-electron chi connectivity index (χ2n) is 5.16. The maximum Gasteiger partial charge on any atom is 0.261 e. The number of nitrogens with one attached hydrogen (secondary N) is 1. The van der Waals surface area contributed by atoms with Crippen molar-refractivity contribution >= 4 is 17.2 Å². The van der Waals surface area contributed by atoms with Crippen molar-refractivity contribution in [3.63, 3.8) is 0 Å². The third-order valence-electron chi connectivity index (χ3n) is 3.59. The van der Waals surface area contributed by atoms with E-state index < -0.39 is 0 Å². The zero-order valence-corrected chi connectivity index (χ0v) is 13.7. The van der Waals surface area contributed by atoms with Crippen LogP contribution in [0.25, 0.3) is 0 Å². The third-order valence-corrected chi connectivity index (χ3v) is 4.82. The summed E-state index contributed by atoms with van der Waals surface area (Å²) in [6.45, 7) is 3.24. The molecule has 0 bridgehead atoms. The van der Waals surface area contributed by atoms with E-state index in [2.05, 4.69) is 22.3 Å². The molecule has 0 atom stereocenters. The van der Waals surface area contributed by atoms with E-state index >= 15 is 0 Å². The summed E-state index contributed by atoms with van der Waals surface area (Å²) >= 11 is 1.55. The molecule has 3 rings (SSSR count). The number of rotatable bonds is 6. The Morgan fingerprint density at radius 1 is 1.22 bits per heavy atom. The van der Waals surface area contributed by atoms with E-state index in [1.54, 1.807) is 22.3 Å². The van der Waals surface area contributed by atoms with Crippen LogP contribution < -0.4 is 5.32 Å². The van der Waals surface area contributed by atoms with E-state index in [0.29, 0.717) is 13.1 Å². The van der Waals surface area contributed by atoms with Gasteiger partial charge in [-0.3, -0.25) is 4.79 Å². The van der Waals surface area contributed by atoms with Crippen molar-refractivity contribution < 1.29 is 4.79 Å². The minimum Gasteiger partial charge on any atom is -0.347 e. The highest BCUT2D eigenvalue weighted by Crippen LogP contribution is 2.17. The summed E-state index contributed by atoms with van der Waals surface area (Å²) in [5, 5.41) is 7.13. The standard InChI is InChI=1S/C17H18N4OS/c1-2-15-7-8-16(23-15)17(22)19-9-13-5-3-4-6-14(13)10-21-12-18-11-20-21/h3-8,11-12H,2,9-10H2,1H3,(H,19,22). The molecule has 5 nitrogen and oxygen atoms in total. The largest absolute Gasteiger partial charge is 0.347 e. The van der Waals surface area contributed by atoms with Crippen molar-refractivity contribution in [1.29, 1.82) is 0 Å². The molecule has 118 valence electrons. The summed E-state index contributed by atoms with van der Waals surface area (Å²) < 4.78 is 1.77. The summed E-state index contributed by atoms with van der Waals surface area (Å²) in [5.74, 6) is -0.0229. The lowest BCUT2D eigenvalue weighted by molar-refractivity contribution is 0.0955. The summed E-state index contributed by atoms with van der Waals surface area (Å²) in [5.41, 5.74) is 2.21. The first-order valence-electron chi connectivity index (χ1n) is 7.52. The molecule has 2 aromatic heterocycles. The predicted octanol–water partition coefficient (Wildman–Crippen LogP) is 2.88. The molecule has 0 saturated carbocycles. The van der Waals surface area contributed by atoms with Gasteiger partial charge in [-0.1, -0.05) is 31.2 Å². The van der Waals surface area contributed by atoms with Crippen LogP contribution in [-0.4, -0.2) is 20.7 Å². The summed E-state index contributed by atoms with van der Waals surface area (Å²) in [4.78, 5) is 18.2. The Kier molecular flexibility index (Phi) is 4.83. The second kappa shape index (κ2) is 7.19. The van der Waals surface area contributed by atoms with Crippen molar-refractivity contribution in [2.45, 2.75) is 26.4 Å². The SMILES string of the molecule is CCc1ccc(C(=O)NCc2ccccc2Cn2cncn2)s1. The number of carbonyl (C=O) groups excluding carboxylic acids is 1. The number of benzene rings is 1. The smallest absolute Gasteiger partial charge is 0.261 e. The molecule has 0 unspecified atom stereocenters. The third kappa shape index (κ3) is 3.84. The maximum atomic E-state index is 12.2. The van der Waals surface area contributed by atoms with Gasteiger partial charge in [-0.25, -0.2) is 9.67 Å². The van der Waals surface area contributed by atoms with Crippen LogP contribution in [0.5, 0.6) is 0 Å². The molecule has 0 fully saturated rings. The first-order valence-corrected chi connectivity index (χ1v) is 8.34. The van der Waals surface area contributed by atoms with E-state index in [-0.39, 0.29) is 5.91 Å². The molecule has 6 heteroatoms. The highest BCUT2D eigenvalue weighted by atomic mass is 32.1. The maximum absolute atomic E-state index is 12.2. The van der Waals surface area contributed by atoms with E-state index in [0.717, 1.165) is 22.4 Å². The van der Waals surface area contributed by atoms with Crippen LogP contribution in [0, 0.1) is 0 Å². The van der Waals surface area contributed by atoms with Crippen LogP contribution >= 0.6 is 11.3 Å². The average Bonchev–Trinajstić information content (AvgIpc) is 3.25. The van der Waals surface area contributed by atoms with Gasteiger partial charge in [-0.2, -0.15) is 5.10 Å². The number of aryl methyl sites for hydroxylation is 1. The molecule has 1 amide bonds. The molecule has 3 aromatic rings. The van der Waals surface area contributed by atoms with Gasteiger partial charge in [0.2, 0.25) is 0 Å². The van der Waals surface area contributed by atoms with Gasteiger partial charge in [0.05, 0.1) is 11.4 Å². The number of hydrogen-bond acceptors (Lipinski definition) is 4. The molecular formula is C17H18N4OS. The topological polar surface area (TPSA) is 59.8 Å². The number of hydrogen-bond donors (Lipinski definition) is 1. The van der Waals surface area contributed by atoms with Gasteiger partial charge in [-0.05, 0) is 29.7 Å². The van der Waals surface area contributed by atoms with Crippen LogP contribution in [0.2, 0.25) is 0 Å². The predicted molar refractivity (Wildman–Crippen MR) is 90.4 cm³/mol.